The van der Waals surface area contributed by atoms with Crippen molar-refractivity contribution >= 4 is 23.6 Å². The highest BCUT2D eigenvalue weighted by Gasteiger charge is 2.45. The second-order valence-electron chi connectivity index (χ2n) is 7.43. The first-order chi connectivity index (χ1) is 13.6. The lowest BCUT2D eigenvalue weighted by atomic mass is 9.86. The van der Waals surface area contributed by atoms with Crippen LogP contribution in [0.1, 0.15) is 40.7 Å². The Kier molecular flexibility index (Phi) is 5.40. The maximum atomic E-state index is 13.8. The van der Waals surface area contributed by atoms with Gasteiger partial charge in [-0.05, 0) is 42.0 Å². The molecule has 6 heteroatoms. The zero-order valence-corrected chi connectivity index (χ0v) is 16.4. The van der Waals surface area contributed by atoms with Crippen LogP contribution in [0.5, 0.6) is 0 Å². The summed E-state index contributed by atoms with van der Waals surface area (Å²) in [7, 11) is 0. The van der Waals surface area contributed by atoms with Crippen LogP contribution in [0.4, 0.5) is 4.39 Å². The van der Waals surface area contributed by atoms with Gasteiger partial charge in [-0.25, -0.2) is 4.39 Å². The van der Waals surface area contributed by atoms with Crippen molar-refractivity contribution in [3.63, 3.8) is 0 Å². The molecule has 0 aliphatic carbocycles. The number of nitrogens with one attached hydrogen (secondary N) is 1. The van der Waals surface area contributed by atoms with E-state index in [1.54, 1.807) is 18.2 Å². The topological polar surface area (TPSA) is 49.4 Å². The second kappa shape index (κ2) is 7.95. The van der Waals surface area contributed by atoms with Crippen LogP contribution in [0.2, 0.25) is 0 Å². The first-order valence-electron chi connectivity index (χ1n) is 9.57. The number of fused-ring (bicyclic) bond motifs is 1. The Morgan fingerprint density at radius 3 is 2.57 bits per heavy atom. The van der Waals surface area contributed by atoms with Gasteiger partial charge in [0.25, 0.3) is 5.91 Å². The van der Waals surface area contributed by atoms with Crippen molar-refractivity contribution in [3.8, 4) is 0 Å². The first kappa shape index (κ1) is 19.0. The van der Waals surface area contributed by atoms with Gasteiger partial charge in [0, 0.05) is 30.6 Å². The number of benzene rings is 2. The van der Waals surface area contributed by atoms with Gasteiger partial charge >= 0.3 is 0 Å². The van der Waals surface area contributed by atoms with Crippen LogP contribution in [0.3, 0.4) is 0 Å². The van der Waals surface area contributed by atoms with Crippen molar-refractivity contribution in [2.24, 2.45) is 0 Å². The summed E-state index contributed by atoms with van der Waals surface area (Å²) in [5.41, 5.74) is 1.76. The lowest BCUT2D eigenvalue weighted by Gasteiger charge is -2.44. The summed E-state index contributed by atoms with van der Waals surface area (Å²) in [5, 5.41) is 2.85. The van der Waals surface area contributed by atoms with Crippen molar-refractivity contribution in [2.45, 2.75) is 37.9 Å². The van der Waals surface area contributed by atoms with E-state index in [2.05, 4.69) is 5.32 Å². The van der Waals surface area contributed by atoms with Crippen LogP contribution in [0, 0.1) is 5.82 Å². The van der Waals surface area contributed by atoms with Crippen LogP contribution in [-0.4, -0.2) is 33.8 Å². The molecule has 1 N–H and O–H groups in total. The highest BCUT2D eigenvalue weighted by Crippen LogP contribution is 2.40. The Bertz CT molecular complexity index is 896. The van der Waals surface area contributed by atoms with Gasteiger partial charge in [0.2, 0.25) is 5.91 Å². The van der Waals surface area contributed by atoms with Gasteiger partial charge in [-0.3, -0.25) is 9.59 Å². The van der Waals surface area contributed by atoms with Crippen molar-refractivity contribution in [1.82, 2.24) is 10.2 Å². The summed E-state index contributed by atoms with van der Waals surface area (Å²) < 4.78 is 13.8. The molecule has 0 atom stereocenters. The van der Waals surface area contributed by atoms with E-state index >= 15 is 0 Å². The van der Waals surface area contributed by atoms with E-state index in [-0.39, 0.29) is 30.6 Å². The van der Waals surface area contributed by atoms with Crippen LogP contribution < -0.4 is 5.32 Å². The Morgan fingerprint density at radius 2 is 1.82 bits per heavy atom. The summed E-state index contributed by atoms with van der Waals surface area (Å²) in [6, 6.07) is 14.1. The minimum atomic E-state index is -0.472. The average molecular weight is 399 g/mol. The van der Waals surface area contributed by atoms with Gasteiger partial charge < -0.3 is 10.2 Å². The van der Waals surface area contributed by atoms with Crippen LogP contribution in [-0.2, 0) is 17.9 Å². The molecule has 2 aliphatic rings. The molecule has 0 saturated carbocycles. The number of hydrogen-bond donors (Lipinski definition) is 1. The van der Waals surface area contributed by atoms with Crippen molar-refractivity contribution in [1.29, 1.82) is 0 Å². The van der Waals surface area contributed by atoms with E-state index in [1.807, 2.05) is 40.9 Å². The molecular weight excluding hydrogens is 375 g/mol. The van der Waals surface area contributed by atoms with Gasteiger partial charge in [0.05, 0.1) is 5.54 Å². The quantitative estimate of drug-likeness (QED) is 0.834. The lowest BCUT2D eigenvalue weighted by molar-refractivity contribution is -0.124. The summed E-state index contributed by atoms with van der Waals surface area (Å²) in [5.74, 6) is 1.42. The average Bonchev–Trinajstić information content (AvgIpc) is 3.06. The molecule has 2 heterocycles. The SMILES string of the molecule is O=C(CC1(N2Cc3ccccc3C2=O)CCSCC1)NCc1ccccc1F. The highest BCUT2D eigenvalue weighted by atomic mass is 32.2. The van der Waals surface area contributed by atoms with E-state index < -0.39 is 5.54 Å². The number of halogens is 1. The molecule has 2 aromatic rings. The molecule has 1 saturated heterocycles. The number of rotatable bonds is 5. The number of amides is 2. The summed E-state index contributed by atoms with van der Waals surface area (Å²) in [6.07, 6.45) is 1.84. The van der Waals surface area contributed by atoms with Crippen LogP contribution >= 0.6 is 11.8 Å². The van der Waals surface area contributed by atoms with Gasteiger partial charge in [0.15, 0.2) is 0 Å². The molecule has 2 amide bonds. The summed E-state index contributed by atoms with van der Waals surface area (Å²) >= 11 is 1.86. The molecule has 0 bridgehead atoms. The Morgan fingerprint density at radius 1 is 1.11 bits per heavy atom. The fraction of sp³-hybridized carbons (Fsp3) is 0.364. The molecule has 0 spiro atoms. The molecule has 28 heavy (non-hydrogen) atoms. The molecular formula is C22H23FN2O2S. The fourth-order valence-electron chi connectivity index (χ4n) is 4.13. The van der Waals surface area contributed by atoms with Gasteiger partial charge in [0.1, 0.15) is 5.82 Å². The van der Waals surface area contributed by atoms with Crippen LogP contribution in [0.15, 0.2) is 48.5 Å². The molecule has 146 valence electrons. The highest BCUT2D eigenvalue weighted by molar-refractivity contribution is 7.99. The van der Waals surface area contributed by atoms with Crippen LogP contribution in [0.25, 0.3) is 0 Å². The molecule has 0 radical (unpaired) electrons. The second-order valence-corrected chi connectivity index (χ2v) is 8.65. The Labute approximate surface area is 168 Å². The minimum Gasteiger partial charge on any atom is -0.352 e. The van der Waals surface area contributed by atoms with E-state index in [0.29, 0.717) is 12.1 Å². The predicted octanol–water partition coefficient (Wildman–Crippen LogP) is 3.75. The van der Waals surface area contributed by atoms with Crippen molar-refractivity contribution in [3.05, 3.63) is 71.0 Å². The summed E-state index contributed by atoms with van der Waals surface area (Å²) in [6.45, 7) is 0.713. The smallest absolute Gasteiger partial charge is 0.254 e. The van der Waals surface area contributed by atoms with Gasteiger partial charge in [-0.2, -0.15) is 11.8 Å². The molecule has 4 nitrogen and oxygen atoms in total. The van der Waals surface area contributed by atoms with E-state index in [1.165, 1.54) is 6.07 Å². The molecule has 0 aromatic heterocycles. The number of carbonyl (C=O) groups is 2. The lowest BCUT2D eigenvalue weighted by Crippen LogP contribution is -2.53. The molecule has 4 rings (SSSR count). The third-order valence-corrected chi connectivity index (χ3v) is 6.73. The maximum Gasteiger partial charge on any atom is 0.254 e. The van der Waals surface area contributed by atoms with E-state index in [9.17, 15) is 14.0 Å². The van der Waals surface area contributed by atoms with Crippen molar-refractivity contribution in [2.75, 3.05) is 11.5 Å². The standard InChI is InChI=1S/C22H23FN2O2S/c23-19-8-4-2-5-16(19)14-24-20(26)13-22(9-11-28-12-10-22)25-15-17-6-1-3-7-18(17)21(25)27/h1-8H,9-15H2,(H,24,26). The normalized spacial score (nSPS) is 18.0. The maximum absolute atomic E-state index is 13.8. The number of carbonyl (C=O) groups excluding carboxylic acids is 2. The van der Waals surface area contributed by atoms with Gasteiger partial charge in [-0.15, -0.1) is 0 Å². The monoisotopic (exact) mass is 398 g/mol. The molecule has 1 fully saturated rings. The van der Waals surface area contributed by atoms with Crippen molar-refractivity contribution < 1.29 is 14.0 Å². The number of nitrogens with zero attached hydrogens (tertiary/aromatic N) is 1. The van der Waals surface area contributed by atoms with Gasteiger partial charge in [-0.1, -0.05) is 36.4 Å². The predicted molar refractivity (Wildman–Crippen MR) is 108 cm³/mol. The number of hydrogen-bond acceptors (Lipinski definition) is 3. The first-order valence-corrected chi connectivity index (χ1v) is 10.7. The summed E-state index contributed by atoms with van der Waals surface area (Å²) in [4.78, 5) is 27.7. The zero-order valence-electron chi connectivity index (χ0n) is 15.6. The molecule has 2 aliphatic heterocycles. The van der Waals surface area contributed by atoms with E-state index in [0.717, 1.165) is 35.5 Å². The van der Waals surface area contributed by atoms with E-state index in [4.69, 9.17) is 0 Å². The molecule has 2 aromatic carbocycles. The number of thioether (sulfide) groups is 1. The zero-order chi connectivity index (χ0) is 19.6. The third-order valence-electron chi connectivity index (χ3n) is 5.74. The Balaban J connectivity index is 1.50. The Hall–Kier alpha value is -2.34. The fourth-order valence-corrected chi connectivity index (χ4v) is 5.38. The molecule has 0 unspecified atom stereocenters. The minimum absolute atomic E-state index is 0.0180. The third kappa shape index (κ3) is 3.65. The largest absolute Gasteiger partial charge is 0.352 e.